The van der Waals surface area contributed by atoms with E-state index in [1.54, 1.807) is 0 Å². The second-order valence-corrected chi connectivity index (χ2v) is 7.46. The van der Waals surface area contributed by atoms with Crippen LogP contribution >= 0.6 is 23.5 Å². The molecule has 1 aliphatic rings. The number of carbonyl (C=O) groups is 2. The quantitative estimate of drug-likeness (QED) is 0.841. The molecule has 0 bridgehead atoms. The lowest BCUT2D eigenvalue weighted by Gasteiger charge is -2.22. The van der Waals surface area contributed by atoms with Gasteiger partial charge in [-0.15, -0.1) is 0 Å². The van der Waals surface area contributed by atoms with Crippen molar-refractivity contribution in [3.8, 4) is 0 Å². The molecule has 2 unspecified atom stereocenters. The van der Waals surface area contributed by atoms with Gasteiger partial charge in [-0.3, -0.25) is 9.59 Å². The summed E-state index contributed by atoms with van der Waals surface area (Å²) in [6.45, 7) is 0. The molecule has 2 atom stereocenters. The molecule has 0 aliphatic carbocycles. The standard InChI is InChI=1S/C15H19NO3S2/c17-14(8-12-10-20-6-7-21-12)16-13(9-15(18)19)11-4-2-1-3-5-11/h1-5,12-13H,6-10H2,(H,16,17)(H,18,19). The van der Waals surface area contributed by atoms with E-state index in [1.165, 1.54) is 0 Å². The van der Waals surface area contributed by atoms with Crippen molar-refractivity contribution in [2.24, 2.45) is 0 Å². The van der Waals surface area contributed by atoms with Crippen LogP contribution in [-0.2, 0) is 9.59 Å². The average molecular weight is 325 g/mol. The third kappa shape index (κ3) is 5.63. The minimum absolute atomic E-state index is 0.0647. The highest BCUT2D eigenvalue weighted by atomic mass is 32.2. The van der Waals surface area contributed by atoms with Crippen molar-refractivity contribution in [1.82, 2.24) is 5.32 Å². The predicted molar refractivity (Wildman–Crippen MR) is 87.8 cm³/mol. The van der Waals surface area contributed by atoms with Crippen LogP contribution < -0.4 is 5.32 Å². The third-order valence-electron chi connectivity index (χ3n) is 3.21. The molecule has 0 aromatic heterocycles. The lowest BCUT2D eigenvalue weighted by Crippen LogP contribution is -2.33. The summed E-state index contributed by atoms with van der Waals surface area (Å²) >= 11 is 3.71. The molecule has 0 saturated carbocycles. The molecule has 1 aromatic rings. The Kier molecular flexibility index (Phi) is 6.45. The highest BCUT2D eigenvalue weighted by Gasteiger charge is 2.22. The van der Waals surface area contributed by atoms with E-state index >= 15 is 0 Å². The van der Waals surface area contributed by atoms with E-state index in [9.17, 15) is 9.59 Å². The van der Waals surface area contributed by atoms with Crippen molar-refractivity contribution in [1.29, 1.82) is 0 Å². The number of hydrogen-bond donors (Lipinski definition) is 2. The van der Waals surface area contributed by atoms with Crippen molar-refractivity contribution in [2.75, 3.05) is 17.3 Å². The molecule has 0 spiro atoms. The van der Waals surface area contributed by atoms with Crippen molar-refractivity contribution in [2.45, 2.75) is 24.1 Å². The maximum Gasteiger partial charge on any atom is 0.305 e. The largest absolute Gasteiger partial charge is 0.481 e. The fraction of sp³-hybridized carbons (Fsp3) is 0.467. The summed E-state index contributed by atoms with van der Waals surface area (Å²) in [5.74, 6) is 2.25. The van der Waals surface area contributed by atoms with Crippen LogP contribution in [0.2, 0.25) is 0 Å². The molecule has 1 heterocycles. The zero-order valence-corrected chi connectivity index (χ0v) is 13.3. The van der Waals surface area contributed by atoms with Crippen LogP contribution in [0, 0.1) is 0 Å². The van der Waals surface area contributed by atoms with E-state index < -0.39 is 12.0 Å². The molecule has 1 aromatic carbocycles. The first kappa shape index (κ1) is 16.2. The lowest BCUT2D eigenvalue weighted by molar-refractivity contribution is -0.137. The Morgan fingerprint density at radius 3 is 2.67 bits per heavy atom. The van der Waals surface area contributed by atoms with Gasteiger partial charge in [-0.25, -0.2) is 0 Å². The third-order valence-corrected chi connectivity index (χ3v) is 6.06. The van der Waals surface area contributed by atoms with Gasteiger partial charge < -0.3 is 10.4 Å². The summed E-state index contributed by atoms with van der Waals surface area (Å²) in [5.41, 5.74) is 0.832. The van der Waals surface area contributed by atoms with Crippen LogP contribution in [0.5, 0.6) is 0 Å². The van der Waals surface area contributed by atoms with Gasteiger partial charge in [0.05, 0.1) is 12.5 Å². The number of aliphatic carboxylic acids is 1. The smallest absolute Gasteiger partial charge is 0.305 e. The molecule has 1 saturated heterocycles. The summed E-state index contributed by atoms with van der Waals surface area (Å²) in [5, 5.41) is 12.2. The summed E-state index contributed by atoms with van der Waals surface area (Å²) in [4.78, 5) is 23.1. The van der Waals surface area contributed by atoms with Gasteiger partial charge in [0, 0.05) is 28.9 Å². The number of rotatable bonds is 6. The van der Waals surface area contributed by atoms with E-state index in [2.05, 4.69) is 5.32 Å². The van der Waals surface area contributed by atoms with E-state index in [1.807, 2.05) is 53.9 Å². The molecule has 114 valence electrons. The van der Waals surface area contributed by atoms with Gasteiger partial charge in [-0.05, 0) is 5.56 Å². The monoisotopic (exact) mass is 325 g/mol. The molecular weight excluding hydrogens is 306 g/mol. The summed E-state index contributed by atoms with van der Waals surface area (Å²) < 4.78 is 0. The van der Waals surface area contributed by atoms with E-state index in [0.717, 1.165) is 22.8 Å². The normalized spacial score (nSPS) is 19.7. The van der Waals surface area contributed by atoms with E-state index in [0.29, 0.717) is 11.7 Å². The molecule has 6 heteroatoms. The van der Waals surface area contributed by atoms with Gasteiger partial charge in [0.1, 0.15) is 0 Å². The van der Waals surface area contributed by atoms with Crippen LogP contribution in [-0.4, -0.2) is 39.5 Å². The van der Waals surface area contributed by atoms with Crippen molar-refractivity contribution < 1.29 is 14.7 Å². The summed E-state index contributed by atoms with van der Waals surface area (Å²) in [6, 6.07) is 8.81. The zero-order chi connectivity index (χ0) is 15.1. The van der Waals surface area contributed by atoms with Crippen molar-refractivity contribution in [3.05, 3.63) is 35.9 Å². The molecule has 2 rings (SSSR count). The Morgan fingerprint density at radius 2 is 2.05 bits per heavy atom. The average Bonchev–Trinajstić information content (AvgIpc) is 2.48. The van der Waals surface area contributed by atoms with Crippen LogP contribution in [0.3, 0.4) is 0 Å². The maximum absolute atomic E-state index is 12.1. The number of nitrogens with one attached hydrogen (secondary N) is 1. The Morgan fingerprint density at radius 1 is 1.29 bits per heavy atom. The molecule has 0 radical (unpaired) electrons. The molecule has 21 heavy (non-hydrogen) atoms. The highest BCUT2D eigenvalue weighted by molar-refractivity contribution is 8.06. The molecule has 2 N–H and O–H groups in total. The molecule has 1 fully saturated rings. The van der Waals surface area contributed by atoms with Crippen LogP contribution in [0.4, 0.5) is 0 Å². The number of amides is 1. The predicted octanol–water partition coefficient (Wildman–Crippen LogP) is 2.56. The van der Waals surface area contributed by atoms with E-state index in [-0.39, 0.29) is 12.3 Å². The minimum atomic E-state index is -0.910. The van der Waals surface area contributed by atoms with Gasteiger partial charge in [0.25, 0.3) is 0 Å². The van der Waals surface area contributed by atoms with Crippen LogP contribution in [0.1, 0.15) is 24.4 Å². The first-order valence-corrected chi connectivity index (χ1v) is 9.11. The Bertz CT molecular complexity index is 475. The van der Waals surface area contributed by atoms with Crippen LogP contribution in [0.15, 0.2) is 30.3 Å². The second-order valence-electron chi connectivity index (χ2n) is 4.90. The summed E-state index contributed by atoms with van der Waals surface area (Å²) in [7, 11) is 0. The minimum Gasteiger partial charge on any atom is -0.481 e. The van der Waals surface area contributed by atoms with Crippen molar-refractivity contribution in [3.63, 3.8) is 0 Å². The Balaban J connectivity index is 1.94. The van der Waals surface area contributed by atoms with Crippen LogP contribution in [0.25, 0.3) is 0 Å². The number of hydrogen-bond acceptors (Lipinski definition) is 4. The SMILES string of the molecule is O=C(O)CC(NC(=O)CC1CSCCS1)c1ccccc1. The Labute approximate surface area is 133 Å². The number of carboxylic acid groups (broad SMARTS) is 1. The fourth-order valence-electron chi connectivity index (χ4n) is 2.23. The van der Waals surface area contributed by atoms with Gasteiger partial charge in [0.2, 0.25) is 5.91 Å². The van der Waals surface area contributed by atoms with Crippen molar-refractivity contribution >= 4 is 35.4 Å². The molecule has 1 amide bonds. The fourth-order valence-corrected chi connectivity index (χ4v) is 4.91. The first-order chi connectivity index (χ1) is 10.1. The van der Waals surface area contributed by atoms with Gasteiger partial charge in [-0.2, -0.15) is 23.5 Å². The molecule has 1 aliphatic heterocycles. The van der Waals surface area contributed by atoms with Gasteiger partial charge in [0.15, 0.2) is 0 Å². The number of carbonyl (C=O) groups excluding carboxylic acids is 1. The topological polar surface area (TPSA) is 66.4 Å². The number of benzene rings is 1. The first-order valence-electron chi connectivity index (χ1n) is 6.90. The number of carboxylic acids is 1. The summed E-state index contributed by atoms with van der Waals surface area (Å²) in [6.07, 6.45) is 0.364. The van der Waals surface area contributed by atoms with Gasteiger partial charge in [-0.1, -0.05) is 30.3 Å². The Hall–Kier alpha value is -1.14. The highest BCUT2D eigenvalue weighted by Crippen LogP contribution is 2.26. The van der Waals surface area contributed by atoms with Gasteiger partial charge >= 0.3 is 5.97 Å². The second kappa shape index (κ2) is 8.34. The molecular formula is C15H19NO3S2. The molecule has 4 nitrogen and oxygen atoms in total. The lowest BCUT2D eigenvalue weighted by atomic mass is 10.0. The van der Waals surface area contributed by atoms with E-state index in [4.69, 9.17) is 5.11 Å². The maximum atomic E-state index is 12.1. The zero-order valence-electron chi connectivity index (χ0n) is 11.7. The number of thioether (sulfide) groups is 2.